The van der Waals surface area contributed by atoms with Crippen LogP contribution in [0, 0.1) is 29.1 Å². The maximum atomic E-state index is 9.21. The van der Waals surface area contributed by atoms with E-state index < -0.39 is 0 Å². The van der Waals surface area contributed by atoms with Gasteiger partial charge in [-0.25, -0.2) is 0 Å². The molecule has 0 aromatic heterocycles. The lowest BCUT2D eigenvalue weighted by atomic mass is 9.95. The number of nitrogens with zero attached hydrogens (tertiary/aromatic N) is 1. The standard InChI is InChI=1S/C20H33N/c21-19-20-17-15-13-11-9-7-5-3-1-2-4-6-8-10-12-14-16-18-20/h20H,1,3,5-18H2. The molecule has 1 aliphatic rings. The van der Waals surface area contributed by atoms with Gasteiger partial charge in [0, 0.05) is 18.8 Å². The molecule has 1 heteroatoms. The van der Waals surface area contributed by atoms with E-state index in [-0.39, 0.29) is 0 Å². The fraction of sp³-hybridized carbons (Fsp3) is 0.850. The maximum Gasteiger partial charge on any atom is 0.0655 e. The van der Waals surface area contributed by atoms with Crippen LogP contribution in [0.25, 0.3) is 0 Å². The van der Waals surface area contributed by atoms with Gasteiger partial charge < -0.3 is 0 Å². The molecule has 1 nitrogen and oxygen atoms in total. The molecule has 0 saturated carbocycles. The molecule has 1 rings (SSSR count). The number of hydrogen-bond donors (Lipinski definition) is 0. The van der Waals surface area contributed by atoms with Crippen LogP contribution in [-0.4, -0.2) is 0 Å². The Balaban J connectivity index is 2.23. The molecular weight excluding hydrogens is 254 g/mol. The minimum absolute atomic E-state index is 0.318. The normalized spacial score (nSPS) is 24.4. The fourth-order valence-electron chi connectivity index (χ4n) is 3.07. The van der Waals surface area contributed by atoms with Crippen molar-refractivity contribution in [2.24, 2.45) is 5.92 Å². The molecule has 0 N–H and O–H groups in total. The molecule has 0 amide bonds. The molecule has 1 unspecified atom stereocenters. The Morgan fingerprint density at radius 3 is 1.38 bits per heavy atom. The fourth-order valence-corrected chi connectivity index (χ4v) is 3.07. The average molecular weight is 287 g/mol. The van der Waals surface area contributed by atoms with Gasteiger partial charge in [-0.2, -0.15) is 5.26 Å². The molecule has 1 aliphatic carbocycles. The van der Waals surface area contributed by atoms with E-state index in [9.17, 15) is 5.26 Å². The first-order valence-electron chi connectivity index (χ1n) is 9.29. The van der Waals surface area contributed by atoms with Gasteiger partial charge in [0.2, 0.25) is 0 Å². The van der Waals surface area contributed by atoms with Gasteiger partial charge in [0.05, 0.1) is 6.07 Å². The van der Waals surface area contributed by atoms with Crippen molar-refractivity contribution in [1.29, 1.82) is 5.26 Å². The number of rotatable bonds is 0. The summed E-state index contributed by atoms with van der Waals surface area (Å²) in [5.41, 5.74) is 0. The van der Waals surface area contributed by atoms with Gasteiger partial charge in [0.25, 0.3) is 0 Å². The van der Waals surface area contributed by atoms with Crippen molar-refractivity contribution >= 4 is 0 Å². The van der Waals surface area contributed by atoms with Crippen molar-refractivity contribution in [3.63, 3.8) is 0 Å². The van der Waals surface area contributed by atoms with Crippen LogP contribution in [0.3, 0.4) is 0 Å². The molecule has 118 valence electrons. The van der Waals surface area contributed by atoms with Gasteiger partial charge in [0.1, 0.15) is 0 Å². The molecule has 0 aromatic carbocycles. The predicted molar refractivity (Wildman–Crippen MR) is 90.8 cm³/mol. The third-order valence-corrected chi connectivity index (χ3v) is 4.52. The molecule has 0 aliphatic heterocycles. The van der Waals surface area contributed by atoms with E-state index in [2.05, 4.69) is 17.9 Å². The van der Waals surface area contributed by atoms with Crippen molar-refractivity contribution in [2.45, 2.75) is 103 Å². The zero-order valence-corrected chi connectivity index (χ0v) is 13.8. The molecule has 0 spiro atoms. The van der Waals surface area contributed by atoms with E-state index in [0.717, 1.165) is 25.7 Å². The van der Waals surface area contributed by atoms with Crippen molar-refractivity contribution in [1.82, 2.24) is 0 Å². The Labute approximate surface area is 132 Å². The van der Waals surface area contributed by atoms with Crippen LogP contribution in [0.5, 0.6) is 0 Å². The molecule has 21 heavy (non-hydrogen) atoms. The van der Waals surface area contributed by atoms with Crippen LogP contribution in [0.2, 0.25) is 0 Å². The van der Waals surface area contributed by atoms with Gasteiger partial charge in [-0.15, -0.1) is 11.8 Å². The zero-order chi connectivity index (χ0) is 15.0. The summed E-state index contributed by atoms with van der Waals surface area (Å²) < 4.78 is 0. The third-order valence-electron chi connectivity index (χ3n) is 4.52. The van der Waals surface area contributed by atoms with E-state index in [1.54, 1.807) is 0 Å². The molecule has 0 radical (unpaired) electrons. The van der Waals surface area contributed by atoms with E-state index >= 15 is 0 Å². The van der Waals surface area contributed by atoms with E-state index in [4.69, 9.17) is 0 Å². The Morgan fingerprint density at radius 2 is 0.952 bits per heavy atom. The van der Waals surface area contributed by atoms with Gasteiger partial charge in [-0.1, -0.05) is 64.2 Å². The van der Waals surface area contributed by atoms with E-state index in [1.807, 2.05) is 0 Å². The summed E-state index contributed by atoms with van der Waals surface area (Å²) in [4.78, 5) is 0. The highest BCUT2D eigenvalue weighted by molar-refractivity contribution is 4.98. The van der Waals surface area contributed by atoms with Crippen LogP contribution in [0.15, 0.2) is 0 Å². The van der Waals surface area contributed by atoms with Crippen LogP contribution in [-0.2, 0) is 0 Å². The summed E-state index contributed by atoms with van der Waals surface area (Å²) >= 11 is 0. The van der Waals surface area contributed by atoms with Crippen molar-refractivity contribution in [3.8, 4) is 17.9 Å². The van der Waals surface area contributed by atoms with Crippen LogP contribution >= 0.6 is 0 Å². The first-order chi connectivity index (χ1) is 10.4. The highest BCUT2D eigenvalue weighted by atomic mass is 14.3. The van der Waals surface area contributed by atoms with E-state index in [1.165, 1.54) is 77.0 Å². The SMILES string of the molecule is N#CC1CCCCCCCC#CCCCCCCCCC1. The Hall–Kier alpha value is -0.950. The van der Waals surface area contributed by atoms with Crippen molar-refractivity contribution < 1.29 is 0 Å². The molecule has 0 fully saturated rings. The minimum Gasteiger partial charge on any atom is -0.198 e. The Morgan fingerprint density at radius 1 is 0.571 bits per heavy atom. The maximum absolute atomic E-state index is 9.21. The quantitative estimate of drug-likeness (QED) is 0.474. The topological polar surface area (TPSA) is 23.8 Å². The molecule has 0 bridgehead atoms. The molecule has 0 heterocycles. The first-order valence-corrected chi connectivity index (χ1v) is 9.29. The Kier molecular flexibility index (Phi) is 12.1. The second kappa shape index (κ2) is 14.0. The van der Waals surface area contributed by atoms with Gasteiger partial charge >= 0.3 is 0 Å². The van der Waals surface area contributed by atoms with E-state index in [0.29, 0.717) is 5.92 Å². The van der Waals surface area contributed by atoms with Crippen LogP contribution in [0.4, 0.5) is 0 Å². The lowest BCUT2D eigenvalue weighted by Crippen LogP contribution is -1.97. The molecule has 1 atom stereocenters. The second-order valence-corrected chi connectivity index (χ2v) is 6.50. The highest BCUT2D eigenvalue weighted by Gasteiger charge is 2.06. The smallest absolute Gasteiger partial charge is 0.0655 e. The summed E-state index contributed by atoms with van der Waals surface area (Å²) in [5.74, 6) is 6.97. The number of nitriles is 1. The summed E-state index contributed by atoms with van der Waals surface area (Å²) in [7, 11) is 0. The third kappa shape index (κ3) is 11.4. The van der Waals surface area contributed by atoms with Gasteiger partial charge in [0.15, 0.2) is 0 Å². The van der Waals surface area contributed by atoms with Crippen LogP contribution < -0.4 is 0 Å². The van der Waals surface area contributed by atoms with Crippen molar-refractivity contribution in [3.05, 3.63) is 0 Å². The van der Waals surface area contributed by atoms with Gasteiger partial charge in [-0.3, -0.25) is 0 Å². The molecular formula is C20H33N. The monoisotopic (exact) mass is 287 g/mol. The largest absolute Gasteiger partial charge is 0.198 e. The first kappa shape index (κ1) is 18.1. The minimum atomic E-state index is 0.318. The lowest BCUT2D eigenvalue weighted by Gasteiger charge is -2.08. The number of hydrogen-bond acceptors (Lipinski definition) is 1. The summed E-state index contributed by atoms with van der Waals surface area (Å²) in [6, 6.07) is 2.51. The summed E-state index contributed by atoms with van der Waals surface area (Å²) in [6.45, 7) is 0. The highest BCUT2D eigenvalue weighted by Crippen LogP contribution is 2.18. The predicted octanol–water partition coefficient (Wildman–Crippen LogP) is 6.38. The van der Waals surface area contributed by atoms with Crippen molar-refractivity contribution in [2.75, 3.05) is 0 Å². The second-order valence-electron chi connectivity index (χ2n) is 6.50. The van der Waals surface area contributed by atoms with Gasteiger partial charge in [-0.05, 0) is 25.7 Å². The zero-order valence-electron chi connectivity index (χ0n) is 13.8. The molecule has 0 saturated heterocycles. The Bertz CT molecular complexity index is 328. The lowest BCUT2D eigenvalue weighted by molar-refractivity contribution is 0.472. The molecule has 0 aromatic rings. The van der Waals surface area contributed by atoms with Crippen LogP contribution in [0.1, 0.15) is 103 Å². The summed E-state index contributed by atoms with van der Waals surface area (Å²) in [6.07, 6.45) is 20.1. The average Bonchev–Trinajstić information content (AvgIpc) is 2.51. The summed E-state index contributed by atoms with van der Waals surface area (Å²) in [5, 5.41) is 9.21.